The molecular formula is C32H62N2O8. The van der Waals surface area contributed by atoms with Gasteiger partial charge in [0.2, 0.25) is 0 Å². The highest BCUT2D eigenvalue weighted by Crippen LogP contribution is 2.36. The van der Waals surface area contributed by atoms with Crippen molar-refractivity contribution in [2.24, 2.45) is 23.7 Å². The molecule has 42 heavy (non-hydrogen) atoms. The van der Waals surface area contributed by atoms with Crippen LogP contribution in [0.1, 0.15) is 88.5 Å². The number of hydrogen-bond donors (Lipinski definition) is 4. The molecule has 2 aliphatic heterocycles. The molecule has 4 N–H and O–H groups in total. The molecule has 0 aromatic carbocycles. The maximum atomic E-state index is 13.7. The van der Waals surface area contributed by atoms with Gasteiger partial charge in [0, 0.05) is 31.0 Å². The van der Waals surface area contributed by atoms with Crippen LogP contribution in [0.5, 0.6) is 0 Å². The molecule has 2 unspecified atom stereocenters. The van der Waals surface area contributed by atoms with E-state index < -0.39 is 65.8 Å². The van der Waals surface area contributed by atoms with Crippen LogP contribution in [0.2, 0.25) is 0 Å². The Hall–Kier alpha value is -0.850. The maximum absolute atomic E-state index is 13.7. The molecule has 2 rings (SSSR count). The second-order valence-corrected chi connectivity index (χ2v) is 14.1. The molecule has 248 valence electrons. The summed E-state index contributed by atoms with van der Waals surface area (Å²) < 4.78 is 18.8. The normalized spacial score (nSPS) is 47.5. The second kappa shape index (κ2) is 15.0. The number of likely N-dealkylation sites (N-methyl/N-ethyl adjacent to an activating group) is 1. The van der Waals surface area contributed by atoms with Gasteiger partial charge in [-0.1, -0.05) is 34.6 Å². The largest absolute Gasteiger partial charge is 0.459 e. The van der Waals surface area contributed by atoms with Gasteiger partial charge in [-0.2, -0.15) is 0 Å². The van der Waals surface area contributed by atoms with E-state index in [4.69, 9.17) is 14.2 Å². The minimum absolute atomic E-state index is 0.0532. The highest BCUT2D eigenvalue weighted by atomic mass is 16.7. The lowest BCUT2D eigenvalue weighted by molar-refractivity contribution is -0.260. The van der Waals surface area contributed by atoms with Crippen LogP contribution in [0.4, 0.5) is 0 Å². The molecule has 0 bridgehead atoms. The van der Waals surface area contributed by atoms with Crippen LogP contribution < -0.4 is 0 Å². The molecule has 0 aromatic rings. The Labute approximate surface area is 254 Å². The number of aliphatic hydroxyl groups is 4. The predicted molar refractivity (Wildman–Crippen MR) is 163 cm³/mol. The average molecular weight is 603 g/mol. The molecule has 0 spiro atoms. The molecule has 2 heterocycles. The summed E-state index contributed by atoms with van der Waals surface area (Å²) in [6.07, 6.45) is -3.80. The summed E-state index contributed by atoms with van der Waals surface area (Å²) in [5.41, 5.74) is -3.20. The molecular weight excluding hydrogens is 540 g/mol. The number of ether oxygens (including phenoxy) is 3. The third-order valence-electron chi connectivity index (χ3n) is 10.4. The second-order valence-electron chi connectivity index (χ2n) is 14.1. The fourth-order valence-electron chi connectivity index (χ4n) is 7.13. The van der Waals surface area contributed by atoms with Crippen molar-refractivity contribution >= 4 is 5.97 Å². The molecule has 0 amide bonds. The van der Waals surface area contributed by atoms with Crippen LogP contribution in [-0.4, -0.2) is 123 Å². The standard InChI is InChI=1S/C32H62N2O8/c1-13-25-32(10,39)29(36)22(7)34(12)17-18(3)16-31(9,38)28(35)20(5)27(21(6)30(37)41-25)42-26-15-24(33(11)14-2)19(4)23(8)40-26/h18-29,35-36,38-39H,13-17H2,1-12H3/t18-,19-,20+,21-,22-,23?,24?,25-,26+,27+,28-,29-,31-,32-/m1/s1. The van der Waals surface area contributed by atoms with Crippen molar-refractivity contribution in [1.82, 2.24) is 9.80 Å². The van der Waals surface area contributed by atoms with Crippen molar-refractivity contribution in [2.45, 2.75) is 149 Å². The quantitative estimate of drug-likeness (QED) is 0.348. The van der Waals surface area contributed by atoms with E-state index >= 15 is 0 Å². The molecule has 2 aliphatic rings. The number of cyclic esters (lactones) is 1. The van der Waals surface area contributed by atoms with Crippen LogP contribution in [0.15, 0.2) is 0 Å². The molecule has 0 radical (unpaired) electrons. The Kier molecular flexibility index (Phi) is 13.3. The SMILES string of the molecule is CC[C@H]1OC(=O)[C@H](C)[C@@H](O[C@H]2CC(N(C)CC)[C@H](C)C(C)O2)[C@H](C)[C@@H](O)[C@](C)(O)C[C@@H](C)CN(C)[C@H](C)[C@@H](O)[C@]1(C)O. The van der Waals surface area contributed by atoms with Gasteiger partial charge in [0.1, 0.15) is 17.8 Å². The Bertz CT molecular complexity index is 856. The van der Waals surface area contributed by atoms with E-state index in [0.717, 1.165) is 6.54 Å². The van der Waals surface area contributed by atoms with Crippen molar-refractivity contribution in [3.8, 4) is 0 Å². The van der Waals surface area contributed by atoms with E-state index in [-0.39, 0.29) is 30.4 Å². The van der Waals surface area contributed by atoms with Crippen molar-refractivity contribution in [3.63, 3.8) is 0 Å². The van der Waals surface area contributed by atoms with E-state index in [2.05, 4.69) is 25.8 Å². The maximum Gasteiger partial charge on any atom is 0.311 e. The molecule has 2 fully saturated rings. The topological polar surface area (TPSA) is 132 Å². The smallest absolute Gasteiger partial charge is 0.311 e. The zero-order valence-electron chi connectivity index (χ0n) is 28.3. The molecule has 0 saturated carbocycles. The lowest BCUT2D eigenvalue weighted by Crippen LogP contribution is -2.59. The zero-order chi connectivity index (χ0) is 32.3. The van der Waals surface area contributed by atoms with Crippen LogP contribution in [-0.2, 0) is 19.0 Å². The summed E-state index contributed by atoms with van der Waals surface area (Å²) in [4.78, 5) is 17.9. The Morgan fingerprint density at radius 1 is 1.02 bits per heavy atom. The number of esters is 1. The number of carbonyl (C=O) groups is 1. The molecule has 14 atom stereocenters. The lowest BCUT2D eigenvalue weighted by Gasteiger charge is -2.45. The van der Waals surface area contributed by atoms with Crippen molar-refractivity contribution in [3.05, 3.63) is 0 Å². The molecule has 10 nitrogen and oxygen atoms in total. The number of nitrogens with zero attached hydrogens (tertiary/aromatic N) is 2. The van der Waals surface area contributed by atoms with Crippen LogP contribution >= 0.6 is 0 Å². The van der Waals surface area contributed by atoms with E-state index in [1.807, 2.05) is 32.7 Å². The molecule has 2 saturated heterocycles. The van der Waals surface area contributed by atoms with Crippen molar-refractivity contribution in [1.29, 1.82) is 0 Å². The molecule has 0 aromatic heterocycles. The first-order valence-corrected chi connectivity index (χ1v) is 16.0. The fraction of sp³-hybridized carbons (Fsp3) is 0.969. The molecule has 0 aliphatic carbocycles. The average Bonchev–Trinajstić information content (AvgIpc) is 2.92. The van der Waals surface area contributed by atoms with Gasteiger partial charge in [-0.05, 0) is 79.9 Å². The van der Waals surface area contributed by atoms with Crippen LogP contribution in [0.3, 0.4) is 0 Å². The van der Waals surface area contributed by atoms with Gasteiger partial charge in [0.25, 0.3) is 0 Å². The Morgan fingerprint density at radius 3 is 2.17 bits per heavy atom. The van der Waals surface area contributed by atoms with Gasteiger partial charge < -0.3 is 44.4 Å². The third-order valence-corrected chi connectivity index (χ3v) is 10.4. The van der Waals surface area contributed by atoms with Crippen LogP contribution in [0.25, 0.3) is 0 Å². The Morgan fingerprint density at radius 2 is 1.62 bits per heavy atom. The van der Waals surface area contributed by atoms with E-state index in [1.54, 1.807) is 27.7 Å². The van der Waals surface area contributed by atoms with Gasteiger partial charge >= 0.3 is 5.97 Å². The lowest BCUT2D eigenvalue weighted by atomic mass is 9.78. The third kappa shape index (κ3) is 8.44. The van der Waals surface area contributed by atoms with Gasteiger partial charge in [-0.25, -0.2) is 0 Å². The van der Waals surface area contributed by atoms with Gasteiger partial charge in [-0.3, -0.25) is 4.79 Å². The summed E-state index contributed by atoms with van der Waals surface area (Å²) in [5.74, 6) is -1.92. The van der Waals surface area contributed by atoms with Crippen molar-refractivity contribution in [2.75, 3.05) is 27.2 Å². The van der Waals surface area contributed by atoms with Crippen molar-refractivity contribution < 1.29 is 39.4 Å². The minimum Gasteiger partial charge on any atom is -0.459 e. The van der Waals surface area contributed by atoms with Gasteiger partial charge in [-0.15, -0.1) is 0 Å². The zero-order valence-corrected chi connectivity index (χ0v) is 28.3. The van der Waals surface area contributed by atoms with Crippen LogP contribution in [0, 0.1) is 23.7 Å². The van der Waals surface area contributed by atoms with E-state index in [9.17, 15) is 25.2 Å². The number of rotatable bonds is 5. The summed E-state index contributed by atoms with van der Waals surface area (Å²) in [7, 11) is 3.93. The first-order valence-electron chi connectivity index (χ1n) is 16.0. The monoisotopic (exact) mass is 602 g/mol. The predicted octanol–water partition coefficient (Wildman–Crippen LogP) is 2.64. The summed E-state index contributed by atoms with van der Waals surface area (Å²) in [6, 6.07) is -0.262. The van der Waals surface area contributed by atoms with Gasteiger partial charge in [0.05, 0.1) is 29.8 Å². The van der Waals surface area contributed by atoms with Gasteiger partial charge in [0.15, 0.2) is 6.29 Å². The Balaban J connectivity index is 2.52. The highest BCUT2D eigenvalue weighted by molar-refractivity contribution is 5.73. The number of hydrogen-bond acceptors (Lipinski definition) is 10. The highest BCUT2D eigenvalue weighted by Gasteiger charge is 2.48. The number of carbonyl (C=O) groups excluding carboxylic acids is 1. The van der Waals surface area contributed by atoms with E-state index in [0.29, 0.717) is 19.4 Å². The van der Waals surface area contributed by atoms with E-state index in [1.165, 1.54) is 6.92 Å². The fourth-order valence-corrected chi connectivity index (χ4v) is 7.13. The first kappa shape index (κ1) is 37.3. The summed E-state index contributed by atoms with van der Waals surface area (Å²) >= 11 is 0. The summed E-state index contributed by atoms with van der Waals surface area (Å²) in [6.45, 7) is 19.9. The minimum atomic E-state index is -1.72. The molecule has 10 heteroatoms. The first-order chi connectivity index (χ1) is 19.3. The number of aliphatic hydroxyl groups excluding tert-OH is 2. The summed E-state index contributed by atoms with van der Waals surface area (Å²) in [5, 5.41) is 45.9.